The van der Waals surface area contributed by atoms with Crippen LogP contribution in [0.25, 0.3) is 0 Å². The largest absolute Gasteiger partial charge is 0.481 e. The lowest BCUT2D eigenvalue weighted by atomic mass is 10.3. The highest BCUT2D eigenvalue weighted by Crippen LogP contribution is 2.13. The number of ether oxygens (including phenoxy) is 1. The second-order valence-corrected chi connectivity index (χ2v) is 4.01. The number of nitrogens with one attached hydrogen (secondary N) is 1. The van der Waals surface area contributed by atoms with E-state index in [1.165, 1.54) is 24.5 Å². The maximum atomic E-state index is 13.0. The summed E-state index contributed by atoms with van der Waals surface area (Å²) in [5.41, 5.74) is 0. The van der Waals surface area contributed by atoms with Crippen molar-refractivity contribution >= 4 is 5.91 Å². The van der Waals surface area contributed by atoms with E-state index >= 15 is 0 Å². The first kappa shape index (κ1) is 13.1. The van der Waals surface area contributed by atoms with E-state index < -0.39 is 11.9 Å². The number of halogens is 1. The van der Waals surface area contributed by atoms with Gasteiger partial charge < -0.3 is 14.5 Å². The Labute approximate surface area is 110 Å². The van der Waals surface area contributed by atoms with Crippen LogP contribution in [-0.4, -0.2) is 12.0 Å². The number of carbonyl (C=O) groups excluding carboxylic acids is 1. The number of carbonyl (C=O) groups is 1. The normalized spacial score (nSPS) is 11.9. The number of hydrogen-bond acceptors (Lipinski definition) is 3. The third kappa shape index (κ3) is 3.84. The molecule has 0 saturated heterocycles. The Kier molecular flexibility index (Phi) is 4.18. The Morgan fingerprint density at radius 1 is 1.42 bits per heavy atom. The predicted molar refractivity (Wildman–Crippen MR) is 67.0 cm³/mol. The van der Waals surface area contributed by atoms with Crippen LogP contribution in [0, 0.1) is 5.82 Å². The number of amides is 1. The van der Waals surface area contributed by atoms with Crippen molar-refractivity contribution in [3.05, 3.63) is 54.2 Å². The molecule has 0 radical (unpaired) electrons. The lowest BCUT2D eigenvalue weighted by Gasteiger charge is -2.14. The van der Waals surface area contributed by atoms with Gasteiger partial charge in [0.1, 0.15) is 17.3 Å². The maximum Gasteiger partial charge on any atom is 0.261 e. The molecule has 0 bridgehead atoms. The van der Waals surface area contributed by atoms with E-state index in [-0.39, 0.29) is 5.91 Å². The van der Waals surface area contributed by atoms with E-state index in [2.05, 4.69) is 5.32 Å². The summed E-state index contributed by atoms with van der Waals surface area (Å²) in [6, 6.07) is 9.18. The van der Waals surface area contributed by atoms with E-state index in [9.17, 15) is 9.18 Å². The van der Waals surface area contributed by atoms with Crippen LogP contribution in [0.4, 0.5) is 4.39 Å². The van der Waals surface area contributed by atoms with Crippen LogP contribution in [0.1, 0.15) is 12.7 Å². The lowest BCUT2D eigenvalue weighted by Crippen LogP contribution is -2.35. The van der Waals surface area contributed by atoms with Crippen LogP contribution in [0.3, 0.4) is 0 Å². The molecule has 0 aliphatic heterocycles. The topological polar surface area (TPSA) is 51.5 Å². The SMILES string of the molecule is CC(Oc1cccc(F)c1)C(=O)NCc1ccco1. The van der Waals surface area contributed by atoms with Gasteiger partial charge in [0.2, 0.25) is 0 Å². The minimum atomic E-state index is -0.711. The molecule has 0 spiro atoms. The summed E-state index contributed by atoms with van der Waals surface area (Å²) in [7, 11) is 0. The monoisotopic (exact) mass is 263 g/mol. The van der Waals surface area contributed by atoms with Crippen molar-refractivity contribution in [2.75, 3.05) is 0 Å². The van der Waals surface area contributed by atoms with Crippen molar-refractivity contribution in [3.8, 4) is 5.75 Å². The van der Waals surface area contributed by atoms with Gasteiger partial charge in [-0.2, -0.15) is 0 Å². The fraction of sp³-hybridized carbons (Fsp3) is 0.214. The average molecular weight is 263 g/mol. The van der Waals surface area contributed by atoms with Crippen LogP contribution in [0.15, 0.2) is 47.1 Å². The lowest BCUT2D eigenvalue weighted by molar-refractivity contribution is -0.127. The number of benzene rings is 1. The van der Waals surface area contributed by atoms with Gasteiger partial charge in [0, 0.05) is 6.07 Å². The quantitative estimate of drug-likeness (QED) is 0.901. The summed E-state index contributed by atoms with van der Waals surface area (Å²) in [5.74, 6) is 0.285. The molecule has 1 aromatic heterocycles. The van der Waals surface area contributed by atoms with E-state index in [0.717, 1.165) is 0 Å². The van der Waals surface area contributed by atoms with Crippen molar-refractivity contribution in [2.24, 2.45) is 0 Å². The molecule has 1 atom stereocenters. The summed E-state index contributed by atoms with van der Waals surface area (Å²) >= 11 is 0. The van der Waals surface area contributed by atoms with Gasteiger partial charge in [0.15, 0.2) is 6.10 Å². The van der Waals surface area contributed by atoms with Gasteiger partial charge in [-0.05, 0) is 31.2 Å². The van der Waals surface area contributed by atoms with E-state index in [1.54, 1.807) is 25.1 Å². The third-order valence-corrected chi connectivity index (χ3v) is 2.50. The number of furan rings is 1. The summed E-state index contributed by atoms with van der Waals surface area (Å²) in [4.78, 5) is 11.8. The Morgan fingerprint density at radius 2 is 2.26 bits per heavy atom. The second-order valence-electron chi connectivity index (χ2n) is 4.01. The van der Waals surface area contributed by atoms with Gasteiger partial charge >= 0.3 is 0 Å². The summed E-state index contributed by atoms with van der Waals surface area (Å²) in [6.45, 7) is 1.89. The van der Waals surface area contributed by atoms with E-state index in [4.69, 9.17) is 9.15 Å². The van der Waals surface area contributed by atoms with Gasteiger partial charge in [0.25, 0.3) is 5.91 Å². The minimum absolute atomic E-state index is 0.291. The molecule has 0 aliphatic rings. The zero-order valence-electron chi connectivity index (χ0n) is 10.4. The van der Waals surface area contributed by atoms with Gasteiger partial charge in [0.05, 0.1) is 12.8 Å². The van der Waals surface area contributed by atoms with E-state index in [0.29, 0.717) is 18.1 Å². The molecule has 2 rings (SSSR count). The molecule has 1 aromatic carbocycles. The first-order valence-electron chi connectivity index (χ1n) is 5.87. The highest BCUT2D eigenvalue weighted by atomic mass is 19.1. The molecule has 1 amide bonds. The number of hydrogen-bond donors (Lipinski definition) is 1. The van der Waals surface area contributed by atoms with Crippen LogP contribution >= 0.6 is 0 Å². The first-order valence-corrected chi connectivity index (χ1v) is 5.87. The van der Waals surface area contributed by atoms with Crippen molar-refractivity contribution in [3.63, 3.8) is 0 Å². The molecular weight excluding hydrogens is 249 g/mol. The molecule has 1 unspecified atom stereocenters. The summed E-state index contributed by atoms with van der Waals surface area (Å²) in [5, 5.41) is 2.67. The smallest absolute Gasteiger partial charge is 0.261 e. The summed E-state index contributed by atoms with van der Waals surface area (Å²) in [6.07, 6.45) is 0.825. The van der Waals surface area contributed by atoms with Crippen molar-refractivity contribution in [1.29, 1.82) is 0 Å². The zero-order valence-corrected chi connectivity index (χ0v) is 10.4. The predicted octanol–water partition coefficient (Wildman–Crippen LogP) is 2.50. The Bertz CT molecular complexity index is 539. The van der Waals surface area contributed by atoms with E-state index in [1.807, 2.05) is 0 Å². The highest BCUT2D eigenvalue weighted by Gasteiger charge is 2.14. The van der Waals surface area contributed by atoms with Crippen LogP contribution in [-0.2, 0) is 11.3 Å². The van der Waals surface area contributed by atoms with Crippen LogP contribution < -0.4 is 10.1 Å². The molecule has 1 N–H and O–H groups in total. The molecular formula is C14H14FNO3. The first-order chi connectivity index (χ1) is 9.15. The molecule has 0 aliphatic carbocycles. The third-order valence-electron chi connectivity index (χ3n) is 2.50. The minimum Gasteiger partial charge on any atom is -0.481 e. The molecule has 0 fully saturated rings. The second kappa shape index (κ2) is 6.04. The molecule has 2 aromatic rings. The standard InChI is InChI=1S/C14H14FNO3/c1-10(19-12-5-2-4-11(15)8-12)14(17)16-9-13-6-3-7-18-13/h2-8,10H,9H2,1H3,(H,16,17). The average Bonchev–Trinajstić information content (AvgIpc) is 2.89. The van der Waals surface area contributed by atoms with Crippen LogP contribution in [0.5, 0.6) is 5.75 Å². The van der Waals surface area contributed by atoms with Crippen LogP contribution in [0.2, 0.25) is 0 Å². The zero-order chi connectivity index (χ0) is 13.7. The molecule has 1 heterocycles. The molecule has 4 nitrogen and oxygen atoms in total. The highest BCUT2D eigenvalue weighted by molar-refractivity contribution is 5.80. The number of rotatable bonds is 5. The van der Waals surface area contributed by atoms with Gasteiger partial charge in [-0.1, -0.05) is 6.07 Å². The molecule has 0 saturated carbocycles. The van der Waals surface area contributed by atoms with Gasteiger partial charge in [-0.15, -0.1) is 0 Å². The van der Waals surface area contributed by atoms with Crippen molar-refractivity contribution < 1.29 is 18.3 Å². The maximum absolute atomic E-state index is 13.0. The molecule has 100 valence electrons. The Morgan fingerprint density at radius 3 is 2.95 bits per heavy atom. The Hall–Kier alpha value is -2.30. The van der Waals surface area contributed by atoms with Gasteiger partial charge in [-0.25, -0.2) is 4.39 Å². The van der Waals surface area contributed by atoms with Gasteiger partial charge in [-0.3, -0.25) is 4.79 Å². The van der Waals surface area contributed by atoms with Crippen molar-refractivity contribution in [2.45, 2.75) is 19.6 Å². The summed E-state index contributed by atoms with van der Waals surface area (Å²) < 4.78 is 23.4. The fourth-order valence-electron chi connectivity index (χ4n) is 1.53. The molecule has 5 heteroatoms. The van der Waals surface area contributed by atoms with Crippen molar-refractivity contribution in [1.82, 2.24) is 5.32 Å². The fourth-order valence-corrected chi connectivity index (χ4v) is 1.53. The molecule has 19 heavy (non-hydrogen) atoms. The Balaban J connectivity index is 1.85.